The van der Waals surface area contributed by atoms with Crippen molar-refractivity contribution in [1.82, 2.24) is 0 Å². The van der Waals surface area contributed by atoms with Crippen LogP contribution in [0.3, 0.4) is 0 Å². The van der Waals surface area contributed by atoms with Gasteiger partial charge in [0.15, 0.2) is 0 Å². The van der Waals surface area contributed by atoms with Crippen molar-refractivity contribution in [1.29, 1.82) is 0 Å². The van der Waals surface area contributed by atoms with Gasteiger partial charge in [0.05, 0.1) is 37.2 Å². The summed E-state index contributed by atoms with van der Waals surface area (Å²) in [6.07, 6.45) is 3.83. The van der Waals surface area contributed by atoms with E-state index in [1.54, 1.807) is 26.4 Å². The standard InChI is InChI=1S/C15H18I2O4S2.C2H6O/c16-22-20-10-14(11-21-23-17)5-7-15(19,8-6-14)13-3-1-12(9-18)2-4-13;1-3-2/h1-4,9,19H,5-8,10-11H2;1-2H3. The Morgan fingerprint density at radius 1 is 1.04 bits per heavy atom. The van der Waals surface area contributed by atoms with E-state index in [1.165, 1.54) is 18.4 Å². The molecule has 0 aliphatic heterocycles. The van der Waals surface area contributed by atoms with Crippen LogP contribution in [0, 0.1) is 5.41 Å². The zero-order valence-corrected chi connectivity index (χ0v) is 20.7. The Bertz CT molecular complexity index is 512. The molecule has 0 heterocycles. The van der Waals surface area contributed by atoms with Gasteiger partial charge in [-0.1, -0.05) is 24.3 Å². The van der Waals surface area contributed by atoms with Crippen molar-refractivity contribution in [3.8, 4) is 0 Å². The predicted octanol–water partition coefficient (Wildman–Crippen LogP) is 5.54. The molecule has 0 unspecified atom stereocenters. The molecule has 0 aromatic heterocycles. The monoisotopic (exact) mass is 626 g/mol. The average Bonchev–Trinajstić information content (AvgIpc) is 2.67. The Labute approximate surface area is 188 Å². The van der Waals surface area contributed by atoms with Gasteiger partial charge in [0.25, 0.3) is 0 Å². The molecule has 1 aromatic carbocycles. The maximum absolute atomic E-state index is 11.0. The SMILES string of the molecule is COC.O=Cc1ccc(C2(O)CCC(COSI)(COSI)CC2)cc1. The van der Waals surface area contributed by atoms with Gasteiger partial charge in [-0.2, -0.15) is 0 Å². The van der Waals surface area contributed by atoms with Gasteiger partial charge in [-0.05, 0) is 31.2 Å². The first kappa shape index (κ1) is 24.9. The Morgan fingerprint density at radius 3 is 1.88 bits per heavy atom. The van der Waals surface area contributed by atoms with Crippen LogP contribution in [0.25, 0.3) is 0 Å². The van der Waals surface area contributed by atoms with Crippen molar-refractivity contribution in [2.75, 3.05) is 27.4 Å². The fraction of sp³-hybridized carbons (Fsp3) is 0.588. The van der Waals surface area contributed by atoms with E-state index in [0.717, 1.165) is 24.7 Å². The van der Waals surface area contributed by atoms with E-state index >= 15 is 0 Å². The second-order valence-corrected chi connectivity index (χ2v) is 9.21. The fourth-order valence-electron chi connectivity index (χ4n) is 2.98. The molecule has 1 saturated carbocycles. The smallest absolute Gasteiger partial charge is 0.150 e. The highest BCUT2D eigenvalue weighted by molar-refractivity contribution is 14.2. The lowest BCUT2D eigenvalue weighted by Crippen LogP contribution is -2.41. The summed E-state index contributed by atoms with van der Waals surface area (Å²) in [5.74, 6) is 0. The molecule has 148 valence electrons. The maximum atomic E-state index is 11.0. The highest BCUT2D eigenvalue weighted by atomic mass is 127. The molecule has 0 amide bonds. The van der Waals surface area contributed by atoms with Gasteiger partial charge in [0.2, 0.25) is 0 Å². The molecule has 1 N–H and O–H groups in total. The van der Waals surface area contributed by atoms with E-state index in [9.17, 15) is 9.90 Å². The van der Waals surface area contributed by atoms with Crippen molar-refractivity contribution in [3.63, 3.8) is 0 Å². The Kier molecular flexibility index (Phi) is 12.6. The molecular formula is C17H24I2O5S2. The van der Waals surface area contributed by atoms with Crippen molar-refractivity contribution in [2.24, 2.45) is 5.41 Å². The summed E-state index contributed by atoms with van der Waals surface area (Å²) >= 11 is 4.24. The summed E-state index contributed by atoms with van der Waals surface area (Å²) in [4.78, 5) is 10.8. The van der Waals surface area contributed by atoms with Gasteiger partial charge in [0.1, 0.15) is 6.29 Å². The molecule has 26 heavy (non-hydrogen) atoms. The number of carbonyl (C=O) groups excluding carboxylic acids is 1. The number of hydrogen-bond acceptors (Lipinski definition) is 7. The van der Waals surface area contributed by atoms with Crippen LogP contribution in [0.15, 0.2) is 24.3 Å². The maximum Gasteiger partial charge on any atom is 0.150 e. The Morgan fingerprint density at radius 2 is 1.50 bits per heavy atom. The van der Waals surface area contributed by atoms with Crippen LogP contribution in [-0.4, -0.2) is 38.8 Å². The summed E-state index contributed by atoms with van der Waals surface area (Å²) in [5.41, 5.74) is 0.623. The second-order valence-electron chi connectivity index (χ2n) is 6.33. The predicted molar refractivity (Wildman–Crippen MR) is 125 cm³/mol. The zero-order valence-electron chi connectivity index (χ0n) is 14.8. The van der Waals surface area contributed by atoms with Crippen LogP contribution in [0.2, 0.25) is 0 Å². The highest BCUT2D eigenvalue weighted by Crippen LogP contribution is 2.47. The molecular weight excluding hydrogens is 602 g/mol. The third kappa shape index (κ3) is 7.72. The number of benzene rings is 1. The van der Waals surface area contributed by atoms with Gasteiger partial charge in [-0.25, -0.2) is 0 Å². The minimum atomic E-state index is -0.833. The molecule has 0 atom stereocenters. The number of rotatable bonds is 8. The number of aliphatic hydroxyl groups is 1. The van der Waals surface area contributed by atoms with Crippen molar-refractivity contribution in [2.45, 2.75) is 31.3 Å². The molecule has 1 fully saturated rings. The minimum absolute atomic E-state index is 0.0503. The van der Waals surface area contributed by atoms with Crippen LogP contribution >= 0.6 is 60.8 Å². The van der Waals surface area contributed by atoms with E-state index in [0.29, 0.717) is 31.6 Å². The molecule has 1 aromatic rings. The minimum Gasteiger partial charge on any atom is -0.388 e. The topological polar surface area (TPSA) is 65.0 Å². The lowest BCUT2D eigenvalue weighted by atomic mass is 9.67. The molecule has 2 rings (SSSR count). The fourth-order valence-corrected chi connectivity index (χ4v) is 4.33. The summed E-state index contributed by atoms with van der Waals surface area (Å²) in [6.45, 7) is 1.25. The normalized spacial score (nSPS) is 17.9. The van der Waals surface area contributed by atoms with Gasteiger partial charge in [0, 0.05) is 67.6 Å². The number of hydrogen-bond donors (Lipinski definition) is 1. The van der Waals surface area contributed by atoms with E-state index < -0.39 is 5.60 Å². The van der Waals surface area contributed by atoms with Crippen molar-refractivity contribution >= 4 is 67.1 Å². The van der Waals surface area contributed by atoms with Gasteiger partial charge < -0.3 is 18.2 Å². The second kappa shape index (κ2) is 13.2. The van der Waals surface area contributed by atoms with Crippen LogP contribution in [-0.2, 0) is 18.7 Å². The number of halogens is 2. The molecule has 0 spiro atoms. The molecule has 0 saturated heterocycles. The number of aldehydes is 1. The molecule has 5 nitrogen and oxygen atoms in total. The van der Waals surface area contributed by atoms with Gasteiger partial charge in [-0.15, -0.1) is 0 Å². The molecule has 1 aliphatic rings. The third-order valence-corrected chi connectivity index (χ3v) is 6.48. The molecule has 1 aliphatic carbocycles. The quantitative estimate of drug-likeness (QED) is 0.231. The Balaban J connectivity index is 0.00000105. The van der Waals surface area contributed by atoms with E-state index in [-0.39, 0.29) is 5.41 Å². The first-order chi connectivity index (χ1) is 12.5. The van der Waals surface area contributed by atoms with Crippen LogP contribution in [0.4, 0.5) is 0 Å². The van der Waals surface area contributed by atoms with Crippen LogP contribution in [0.1, 0.15) is 41.6 Å². The average molecular weight is 626 g/mol. The number of methoxy groups -OCH3 is 1. The summed E-state index contributed by atoms with van der Waals surface area (Å²) in [5, 5.41) is 11.0. The van der Waals surface area contributed by atoms with E-state index in [2.05, 4.69) is 47.1 Å². The molecule has 0 bridgehead atoms. The zero-order chi connectivity index (χ0) is 19.5. The third-order valence-electron chi connectivity index (χ3n) is 4.54. The summed E-state index contributed by atoms with van der Waals surface area (Å²) < 4.78 is 15.4. The summed E-state index contributed by atoms with van der Waals surface area (Å²) in [6, 6.07) is 7.22. The van der Waals surface area contributed by atoms with Crippen LogP contribution in [0.5, 0.6) is 0 Å². The highest BCUT2D eigenvalue weighted by Gasteiger charge is 2.43. The van der Waals surface area contributed by atoms with E-state index in [4.69, 9.17) is 8.37 Å². The summed E-state index contributed by atoms with van der Waals surface area (Å²) in [7, 11) is 5.93. The van der Waals surface area contributed by atoms with Crippen LogP contribution < -0.4 is 0 Å². The van der Waals surface area contributed by atoms with Gasteiger partial charge >= 0.3 is 0 Å². The van der Waals surface area contributed by atoms with Crippen molar-refractivity contribution in [3.05, 3.63) is 35.4 Å². The first-order valence-electron chi connectivity index (χ1n) is 7.98. The largest absolute Gasteiger partial charge is 0.388 e. The lowest BCUT2D eigenvalue weighted by Gasteiger charge is -2.43. The van der Waals surface area contributed by atoms with Crippen molar-refractivity contribution < 1.29 is 23.0 Å². The van der Waals surface area contributed by atoms with Gasteiger partial charge in [-0.3, -0.25) is 4.79 Å². The lowest BCUT2D eigenvalue weighted by molar-refractivity contribution is -0.0594. The number of carbonyl (C=O) groups is 1. The first-order valence-corrected chi connectivity index (χ1v) is 14.5. The molecule has 9 heteroatoms. The number of ether oxygens (including phenoxy) is 1. The Hall–Kier alpha value is 0.890. The molecule has 0 radical (unpaired) electrons. The van der Waals surface area contributed by atoms with E-state index in [1.807, 2.05) is 12.1 Å².